The number of hydrogen-bond donors (Lipinski definition) is 3. The lowest BCUT2D eigenvalue weighted by atomic mass is 10.0. The molecule has 114 valence electrons. The summed E-state index contributed by atoms with van der Waals surface area (Å²) >= 11 is 0. The maximum Gasteiger partial charge on any atom is 0.319 e. The molecule has 0 saturated carbocycles. The quantitative estimate of drug-likeness (QED) is 0.777. The molecule has 1 aliphatic rings. The lowest BCUT2D eigenvalue weighted by Gasteiger charge is -2.35. The van der Waals surface area contributed by atoms with E-state index in [4.69, 9.17) is 5.73 Å². The van der Waals surface area contributed by atoms with Crippen LogP contribution in [0.1, 0.15) is 19.3 Å². The number of nitrogens with one attached hydrogen (secondary N) is 2. The molecule has 1 fully saturated rings. The molecule has 1 heterocycles. The second kappa shape index (κ2) is 7.64. The van der Waals surface area contributed by atoms with Crippen LogP contribution in [0.25, 0.3) is 0 Å². The van der Waals surface area contributed by atoms with Crippen molar-refractivity contribution in [3.8, 4) is 0 Å². The number of carbonyl (C=O) groups is 2. The number of likely N-dealkylation sites (tertiary alicyclic amines) is 1. The van der Waals surface area contributed by atoms with Crippen LogP contribution < -0.4 is 16.4 Å². The Labute approximate surface area is 124 Å². The average Bonchev–Trinajstić information content (AvgIpc) is 2.53. The summed E-state index contributed by atoms with van der Waals surface area (Å²) in [6.45, 7) is 1.19. The van der Waals surface area contributed by atoms with Gasteiger partial charge in [0.25, 0.3) is 0 Å². The van der Waals surface area contributed by atoms with Crippen molar-refractivity contribution in [2.45, 2.75) is 25.3 Å². The Hall–Kier alpha value is -2.08. The maximum absolute atomic E-state index is 11.9. The Morgan fingerprint density at radius 3 is 2.71 bits per heavy atom. The molecule has 1 aromatic rings. The van der Waals surface area contributed by atoms with Gasteiger partial charge in [-0.15, -0.1) is 0 Å². The largest absolute Gasteiger partial charge is 0.337 e. The molecule has 0 bridgehead atoms. The smallest absolute Gasteiger partial charge is 0.319 e. The van der Waals surface area contributed by atoms with E-state index in [-0.39, 0.29) is 24.5 Å². The number of nitrogens with zero attached hydrogens (tertiary/aromatic N) is 1. The molecule has 1 saturated heterocycles. The van der Waals surface area contributed by atoms with Crippen LogP contribution in [-0.2, 0) is 4.79 Å². The van der Waals surface area contributed by atoms with Gasteiger partial charge < -0.3 is 21.3 Å². The van der Waals surface area contributed by atoms with Crippen LogP contribution in [0.3, 0.4) is 0 Å². The van der Waals surface area contributed by atoms with Crippen molar-refractivity contribution < 1.29 is 9.59 Å². The van der Waals surface area contributed by atoms with Crippen LogP contribution in [0, 0.1) is 0 Å². The van der Waals surface area contributed by atoms with Gasteiger partial charge in [0.05, 0.1) is 6.54 Å². The molecule has 6 nitrogen and oxygen atoms in total. The summed E-state index contributed by atoms with van der Waals surface area (Å²) in [6, 6.07) is 9.04. The minimum Gasteiger partial charge on any atom is -0.337 e. The summed E-state index contributed by atoms with van der Waals surface area (Å²) in [5, 5.41) is 5.59. The number of piperidine rings is 1. The average molecular weight is 290 g/mol. The Morgan fingerprint density at radius 1 is 1.24 bits per heavy atom. The number of benzene rings is 1. The van der Waals surface area contributed by atoms with Crippen molar-refractivity contribution in [1.29, 1.82) is 0 Å². The highest BCUT2D eigenvalue weighted by Gasteiger charge is 2.25. The molecule has 0 radical (unpaired) electrons. The summed E-state index contributed by atoms with van der Waals surface area (Å²) in [5.41, 5.74) is 6.18. The number of para-hydroxylation sites is 1. The molecule has 0 spiro atoms. The van der Waals surface area contributed by atoms with Crippen molar-refractivity contribution >= 4 is 17.6 Å². The second-order valence-electron chi connectivity index (χ2n) is 5.14. The van der Waals surface area contributed by atoms with E-state index >= 15 is 0 Å². The first-order valence-corrected chi connectivity index (χ1v) is 7.30. The lowest BCUT2D eigenvalue weighted by molar-refractivity contribution is -0.133. The summed E-state index contributed by atoms with van der Waals surface area (Å²) in [4.78, 5) is 25.4. The third-order valence-electron chi connectivity index (χ3n) is 3.65. The van der Waals surface area contributed by atoms with Crippen LogP contribution in [-0.4, -0.2) is 42.5 Å². The molecule has 1 aliphatic heterocycles. The number of rotatable bonds is 4. The molecule has 1 aromatic carbocycles. The van der Waals surface area contributed by atoms with Crippen molar-refractivity contribution in [2.24, 2.45) is 5.73 Å². The van der Waals surface area contributed by atoms with Gasteiger partial charge in [-0.1, -0.05) is 18.2 Å². The molecular weight excluding hydrogens is 268 g/mol. The van der Waals surface area contributed by atoms with Gasteiger partial charge >= 0.3 is 6.03 Å². The van der Waals surface area contributed by atoms with Crippen LogP contribution in [0.2, 0.25) is 0 Å². The van der Waals surface area contributed by atoms with Crippen LogP contribution in [0.4, 0.5) is 10.5 Å². The number of urea groups is 1. The van der Waals surface area contributed by atoms with Crippen molar-refractivity contribution in [3.05, 3.63) is 30.3 Å². The zero-order valence-electron chi connectivity index (χ0n) is 12.0. The predicted octanol–water partition coefficient (Wildman–Crippen LogP) is 1.15. The standard InChI is InChI=1S/C15H22N4O2/c16-10-14(20)19-9-5-4-8-13(19)11-17-15(21)18-12-6-2-1-3-7-12/h1-3,6-7,13H,4-5,8-11,16H2,(H2,17,18,21). The van der Waals surface area contributed by atoms with Gasteiger partial charge in [-0.25, -0.2) is 4.79 Å². The topological polar surface area (TPSA) is 87.5 Å². The number of anilines is 1. The van der Waals surface area contributed by atoms with Gasteiger partial charge in [-0.05, 0) is 31.4 Å². The van der Waals surface area contributed by atoms with E-state index in [0.29, 0.717) is 6.54 Å². The highest BCUT2D eigenvalue weighted by molar-refractivity contribution is 5.89. The Kier molecular flexibility index (Phi) is 5.57. The number of amides is 3. The van der Waals surface area contributed by atoms with Gasteiger partial charge in [0, 0.05) is 24.8 Å². The van der Waals surface area contributed by atoms with E-state index in [2.05, 4.69) is 10.6 Å². The van der Waals surface area contributed by atoms with Crippen LogP contribution in [0.15, 0.2) is 30.3 Å². The number of carbonyl (C=O) groups excluding carboxylic acids is 2. The summed E-state index contributed by atoms with van der Waals surface area (Å²) < 4.78 is 0. The number of nitrogens with two attached hydrogens (primary N) is 1. The molecule has 3 amide bonds. The van der Waals surface area contributed by atoms with E-state index < -0.39 is 0 Å². The zero-order chi connectivity index (χ0) is 15.1. The molecule has 6 heteroatoms. The molecule has 21 heavy (non-hydrogen) atoms. The van der Waals surface area contributed by atoms with Gasteiger partial charge in [-0.2, -0.15) is 0 Å². The van der Waals surface area contributed by atoms with Gasteiger partial charge in [0.1, 0.15) is 0 Å². The molecule has 2 rings (SSSR count). The van der Waals surface area contributed by atoms with E-state index in [0.717, 1.165) is 31.5 Å². The van der Waals surface area contributed by atoms with E-state index in [1.54, 1.807) is 4.90 Å². The minimum absolute atomic E-state index is 0.0205. The summed E-state index contributed by atoms with van der Waals surface area (Å²) in [6.07, 6.45) is 2.97. The lowest BCUT2D eigenvalue weighted by Crippen LogP contribution is -2.51. The van der Waals surface area contributed by atoms with Gasteiger partial charge in [-0.3, -0.25) is 4.79 Å². The van der Waals surface area contributed by atoms with Crippen LogP contribution >= 0.6 is 0 Å². The fourth-order valence-electron chi connectivity index (χ4n) is 2.57. The van der Waals surface area contributed by atoms with Crippen LogP contribution in [0.5, 0.6) is 0 Å². The van der Waals surface area contributed by atoms with Crippen molar-refractivity contribution in [3.63, 3.8) is 0 Å². The Balaban J connectivity index is 1.83. The predicted molar refractivity (Wildman–Crippen MR) is 81.9 cm³/mol. The van der Waals surface area contributed by atoms with Gasteiger partial charge in [0.2, 0.25) is 5.91 Å². The highest BCUT2D eigenvalue weighted by Crippen LogP contribution is 2.16. The number of hydrogen-bond acceptors (Lipinski definition) is 3. The molecule has 0 aliphatic carbocycles. The fraction of sp³-hybridized carbons (Fsp3) is 0.467. The third-order valence-corrected chi connectivity index (χ3v) is 3.65. The SMILES string of the molecule is NCC(=O)N1CCCCC1CNC(=O)Nc1ccccc1. The van der Waals surface area contributed by atoms with Crippen molar-refractivity contribution in [2.75, 3.05) is 25.0 Å². The van der Waals surface area contributed by atoms with Gasteiger partial charge in [0.15, 0.2) is 0 Å². The minimum atomic E-state index is -0.257. The highest BCUT2D eigenvalue weighted by atomic mass is 16.2. The molecule has 1 unspecified atom stereocenters. The monoisotopic (exact) mass is 290 g/mol. The van der Waals surface area contributed by atoms with E-state index in [1.165, 1.54) is 0 Å². The molecule has 4 N–H and O–H groups in total. The normalized spacial score (nSPS) is 18.1. The molecule has 1 atom stereocenters. The first-order chi connectivity index (χ1) is 10.2. The second-order valence-corrected chi connectivity index (χ2v) is 5.14. The maximum atomic E-state index is 11.9. The first kappa shape index (κ1) is 15.3. The fourth-order valence-corrected chi connectivity index (χ4v) is 2.57. The van der Waals surface area contributed by atoms with Crippen molar-refractivity contribution in [1.82, 2.24) is 10.2 Å². The molecular formula is C15H22N4O2. The summed E-state index contributed by atoms with van der Waals surface area (Å²) in [7, 11) is 0. The Morgan fingerprint density at radius 2 is 2.00 bits per heavy atom. The third kappa shape index (κ3) is 4.46. The van der Waals surface area contributed by atoms with E-state index in [1.807, 2.05) is 30.3 Å². The summed E-state index contributed by atoms with van der Waals surface area (Å²) in [5.74, 6) is -0.0510. The zero-order valence-corrected chi connectivity index (χ0v) is 12.0. The molecule has 0 aromatic heterocycles. The Bertz CT molecular complexity index is 478. The first-order valence-electron chi connectivity index (χ1n) is 7.30. The van der Waals surface area contributed by atoms with E-state index in [9.17, 15) is 9.59 Å².